The highest BCUT2D eigenvalue weighted by atomic mass is 79.9. The van der Waals surface area contributed by atoms with Crippen LogP contribution in [0.5, 0.6) is 11.5 Å². The average Bonchev–Trinajstić information content (AvgIpc) is 2.67. The third-order valence-electron chi connectivity index (χ3n) is 4.87. The minimum absolute atomic E-state index is 0.0144. The fourth-order valence-electron chi connectivity index (χ4n) is 3.62. The predicted octanol–water partition coefficient (Wildman–Crippen LogP) is 5.09. The van der Waals surface area contributed by atoms with Gasteiger partial charge in [0.2, 0.25) is 5.91 Å². The molecule has 1 N–H and O–H groups in total. The van der Waals surface area contributed by atoms with Gasteiger partial charge in [0.25, 0.3) is 0 Å². The van der Waals surface area contributed by atoms with E-state index in [1.165, 1.54) is 0 Å². The van der Waals surface area contributed by atoms with Crippen LogP contribution in [0.1, 0.15) is 23.5 Å². The van der Waals surface area contributed by atoms with E-state index in [2.05, 4.69) is 39.4 Å². The first-order valence-electron chi connectivity index (χ1n) is 8.35. The highest BCUT2D eigenvalue weighted by molar-refractivity contribution is 9.10. The van der Waals surface area contributed by atoms with Crippen molar-refractivity contribution in [1.82, 2.24) is 0 Å². The van der Waals surface area contributed by atoms with Gasteiger partial charge >= 0.3 is 0 Å². The monoisotopic (exact) mass is 411 g/mol. The summed E-state index contributed by atoms with van der Waals surface area (Å²) in [6, 6.07) is 16.1. The Labute approximate surface area is 160 Å². The summed E-state index contributed by atoms with van der Waals surface area (Å²) in [6.07, 6.45) is 0.388. The molecule has 0 unspecified atom stereocenters. The number of anilines is 1. The molecule has 1 heterocycles. The van der Waals surface area contributed by atoms with Crippen molar-refractivity contribution >= 4 is 38.3 Å². The molecule has 0 aliphatic carbocycles. The summed E-state index contributed by atoms with van der Waals surface area (Å²) < 4.78 is 11.7. The lowest BCUT2D eigenvalue weighted by Crippen LogP contribution is -2.24. The van der Waals surface area contributed by atoms with Crippen LogP contribution in [0.3, 0.4) is 0 Å². The first-order valence-corrected chi connectivity index (χ1v) is 9.14. The molecule has 0 saturated carbocycles. The number of carbonyl (C=O) groups is 1. The quantitative estimate of drug-likeness (QED) is 0.652. The Morgan fingerprint density at radius 3 is 2.50 bits per heavy atom. The molecule has 132 valence electrons. The number of hydrogen-bond acceptors (Lipinski definition) is 3. The molecule has 1 amide bonds. The molecule has 3 aromatic carbocycles. The number of halogens is 1. The standard InChI is InChI=1S/C21H18BrNO3/c1-25-18-9-16(17(22)11-19(18)26-2)15-10-20(24)23-21-13-6-4-3-5-12(13)7-8-14(15)21/h3-9,11,15H,10H2,1-2H3,(H,23,24)/t15-/m0/s1. The number of fused-ring (bicyclic) bond motifs is 3. The fraction of sp³-hybridized carbons (Fsp3) is 0.190. The van der Waals surface area contributed by atoms with E-state index >= 15 is 0 Å². The molecule has 3 aromatic rings. The number of ether oxygens (including phenoxy) is 2. The number of amides is 1. The largest absolute Gasteiger partial charge is 0.493 e. The lowest BCUT2D eigenvalue weighted by molar-refractivity contribution is -0.116. The van der Waals surface area contributed by atoms with Crippen LogP contribution in [-0.4, -0.2) is 20.1 Å². The van der Waals surface area contributed by atoms with Crippen molar-refractivity contribution in [2.24, 2.45) is 0 Å². The zero-order valence-electron chi connectivity index (χ0n) is 14.5. The third-order valence-corrected chi connectivity index (χ3v) is 5.56. The fourth-order valence-corrected chi connectivity index (χ4v) is 4.22. The van der Waals surface area contributed by atoms with Gasteiger partial charge in [-0.1, -0.05) is 52.3 Å². The van der Waals surface area contributed by atoms with Crippen LogP contribution in [0.4, 0.5) is 5.69 Å². The number of nitrogens with one attached hydrogen (secondary N) is 1. The summed E-state index contributed by atoms with van der Waals surface area (Å²) in [5, 5.41) is 5.23. The number of carbonyl (C=O) groups excluding carboxylic acids is 1. The van der Waals surface area contributed by atoms with Crippen molar-refractivity contribution in [3.8, 4) is 11.5 Å². The molecule has 4 rings (SSSR count). The van der Waals surface area contributed by atoms with Crippen molar-refractivity contribution in [2.45, 2.75) is 12.3 Å². The predicted molar refractivity (Wildman–Crippen MR) is 106 cm³/mol. The SMILES string of the molecule is COc1cc(Br)c([C@H]2CC(=O)Nc3c2ccc2ccccc32)cc1OC. The Hall–Kier alpha value is -2.53. The van der Waals surface area contributed by atoms with Gasteiger partial charge in [0.1, 0.15) is 0 Å². The normalized spacial score (nSPS) is 16.1. The maximum absolute atomic E-state index is 12.5. The van der Waals surface area contributed by atoms with Crippen molar-refractivity contribution in [3.63, 3.8) is 0 Å². The average molecular weight is 412 g/mol. The van der Waals surface area contributed by atoms with E-state index in [1.54, 1.807) is 14.2 Å². The molecule has 1 aliphatic rings. The first kappa shape index (κ1) is 16.9. The molecular formula is C21H18BrNO3. The maximum atomic E-state index is 12.5. The Bertz CT molecular complexity index is 1020. The van der Waals surface area contributed by atoms with Crippen molar-refractivity contribution in [1.29, 1.82) is 0 Å². The number of methoxy groups -OCH3 is 2. The van der Waals surface area contributed by atoms with Gasteiger partial charge in [0.15, 0.2) is 11.5 Å². The molecule has 0 bridgehead atoms. The second kappa shape index (κ2) is 6.65. The molecule has 5 heteroatoms. The van der Waals surface area contributed by atoms with Crippen LogP contribution in [0.25, 0.3) is 10.8 Å². The van der Waals surface area contributed by atoms with E-state index in [4.69, 9.17) is 9.47 Å². The molecule has 0 fully saturated rings. The van der Waals surface area contributed by atoms with Crippen molar-refractivity contribution in [3.05, 3.63) is 64.1 Å². The van der Waals surface area contributed by atoms with Gasteiger partial charge in [0.05, 0.1) is 19.9 Å². The number of benzene rings is 3. The summed E-state index contributed by atoms with van der Waals surface area (Å²) in [6.45, 7) is 0. The Balaban J connectivity index is 1.92. The summed E-state index contributed by atoms with van der Waals surface area (Å²) >= 11 is 3.64. The Kier molecular flexibility index (Phi) is 4.32. The van der Waals surface area contributed by atoms with Gasteiger partial charge in [-0.15, -0.1) is 0 Å². The topological polar surface area (TPSA) is 47.6 Å². The van der Waals surface area contributed by atoms with E-state index < -0.39 is 0 Å². The summed E-state index contributed by atoms with van der Waals surface area (Å²) in [5.74, 6) is 1.26. The molecule has 1 atom stereocenters. The van der Waals surface area contributed by atoms with Crippen LogP contribution < -0.4 is 14.8 Å². The van der Waals surface area contributed by atoms with Crippen LogP contribution in [0.2, 0.25) is 0 Å². The highest BCUT2D eigenvalue weighted by Gasteiger charge is 2.30. The third kappa shape index (κ3) is 2.72. The number of hydrogen-bond donors (Lipinski definition) is 1. The Morgan fingerprint density at radius 1 is 1.00 bits per heavy atom. The molecule has 0 spiro atoms. The van der Waals surface area contributed by atoms with E-state index in [1.807, 2.05) is 30.3 Å². The van der Waals surface area contributed by atoms with Crippen LogP contribution >= 0.6 is 15.9 Å². The minimum Gasteiger partial charge on any atom is -0.493 e. The molecule has 4 nitrogen and oxygen atoms in total. The Morgan fingerprint density at radius 2 is 1.73 bits per heavy atom. The first-order chi connectivity index (χ1) is 12.6. The highest BCUT2D eigenvalue weighted by Crippen LogP contribution is 2.45. The summed E-state index contributed by atoms with van der Waals surface area (Å²) in [7, 11) is 3.23. The maximum Gasteiger partial charge on any atom is 0.225 e. The van der Waals surface area contributed by atoms with Gasteiger partial charge in [-0.3, -0.25) is 4.79 Å². The second-order valence-corrected chi connectivity index (χ2v) is 7.14. The van der Waals surface area contributed by atoms with E-state index in [-0.39, 0.29) is 11.8 Å². The minimum atomic E-state index is -0.0578. The molecule has 0 radical (unpaired) electrons. The van der Waals surface area contributed by atoms with Gasteiger partial charge in [0, 0.05) is 22.2 Å². The zero-order chi connectivity index (χ0) is 18.3. The van der Waals surface area contributed by atoms with Crippen LogP contribution in [0.15, 0.2) is 53.0 Å². The van der Waals surface area contributed by atoms with Gasteiger partial charge < -0.3 is 14.8 Å². The zero-order valence-corrected chi connectivity index (χ0v) is 16.1. The van der Waals surface area contributed by atoms with Gasteiger partial charge in [-0.05, 0) is 28.6 Å². The smallest absolute Gasteiger partial charge is 0.225 e. The molecule has 1 aliphatic heterocycles. The summed E-state index contributed by atoms with van der Waals surface area (Å²) in [5.41, 5.74) is 3.01. The second-order valence-electron chi connectivity index (χ2n) is 6.28. The molecule has 26 heavy (non-hydrogen) atoms. The van der Waals surface area contributed by atoms with Gasteiger partial charge in [-0.2, -0.15) is 0 Å². The lowest BCUT2D eigenvalue weighted by Gasteiger charge is -2.28. The summed E-state index contributed by atoms with van der Waals surface area (Å²) in [4.78, 5) is 12.5. The molecular weight excluding hydrogens is 394 g/mol. The van der Waals surface area contributed by atoms with E-state index in [0.29, 0.717) is 17.9 Å². The van der Waals surface area contributed by atoms with Crippen molar-refractivity contribution < 1.29 is 14.3 Å². The van der Waals surface area contributed by atoms with E-state index in [0.717, 1.165) is 32.1 Å². The van der Waals surface area contributed by atoms with E-state index in [9.17, 15) is 4.79 Å². The lowest BCUT2D eigenvalue weighted by atomic mass is 9.83. The van der Waals surface area contributed by atoms with Crippen molar-refractivity contribution in [2.75, 3.05) is 19.5 Å². The molecule has 0 saturated heterocycles. The molecule has 0 aromatic heterocycles. The number of rotatable bonds is 3. The van der Waals surface area contributed by atoms with Crippen LogP contribution in [-0.2, 0) is 4.79 Å². The van der Waals surface area contributed by atoms with Crippen LogP contribution in [0, 0.1) is 0 Å². The van der Waals surface area contributed by atoms with Gasteiger partial charge in [-0.25, -0.2) is 0 Å².